The number of hydrogen-bond acceptors (Lipinski definition) is 5. The van der Waals surface area contributed by atoms with E-state index in [1.165, 1.54) is 0 Å². The first-order valence-corrected chi connectivity index (χ1v) is 9.87. The highest BCUT2D eigenvalue weighted by molar-refractivity contribution is 6.30. The van der Waals surface area contributed by atoms with E-state index in [-0.39, 0.29) is 5.91 Å². The molecule has 0 atom stereocenters. The molecule has 27 heavy (non-hydrogen) atoms. The summed E-state index contributed by atoms with van der Waals surface area (Å²) < 4.78 is 10.8. The van der Waals surface area contributed by atoms with E-state index in [2.05, 4.69) is 15.4 Å². The minimum absolute atomic E-state index is 0.0560. The Morgan fingerprint density at radius 2 is 1.96 bits per heavy atom. The van der Waals surface area contributed by atoms with Gasteiger partial charge in [-0.1, -0.05) is 16.8 Å². The standard InChI is InChI=1S/C20H24ClN3O3/c21-16-4-2-15(3-5-16)17-14-18(23-27-17)20(6-7-20)19(25)22-8-1-9-24-10-12-26-13-11-24/h2-5,14H,1,6-13H2,(H,22,25). The maximum absolute atomic E-state index is 12.7. The van der Waals surface area contributed by atoms with Crippen molar-refractivity contribution in [2.24, 2.45) is 0 Å². The van der Waals surface area contributed by atoms with Gasteiger partial charge >= 0.3 is 0 Å². The Hall–Kier alpha value is -1.89. The van der Waals surface area contributed by atoms with E-state index in [0.29, 0.717) is 17.3 Å². The number of hydrogen-bond donors (Lipinski definition) is 1. The summed E-state index contributed by atoms with van der Waals surface area (Å²) in [5.74, 6) is 0.716. The van der Waals surface area contributed by atoms with E-state index in [4.69, 9.17) is 20.9 Å². The first-order valence-electron chi connectivity index (χ1n) is 9.49. The summed E-state index contributed by atoms with van der Waals surface area (Å²) in [6.45, 7) is 5.23. The van der Waals surface area contributed by atoms with Gasteiger partial charge in [0.05, 0.1) is 24.3 Å². The Kier molecular flexibility index (Phi) is 5.48. The third-order valence-corrected chi connectivity index (χ3v) is 5.61. The highest BCUT2D eigenvalue weighted by atomic mass is 35.5. The van der Waals surface area contributed by atoms with E-state index >= 15 is 0 Å². The van der Waals surface area contributed by atoms with Crippen LogP contribution in [0.3, 0.4) is 0 Å². The first kappa shape index (κ1) is 18.5. The molecular formula is C20H24ClN3O3. The van der Waals surface area contributed by atoms with Gasteiger partial charge in [0.1, 0.15) is 0 Å². The van der Waals surface area contributed by atoms with E-state index in [0.717, 1.165) is 63.4 Å². The average Bonchev–Trinajstić information content (AvgIpc) is 3.37. The minimum atomic E-state index is -0.521. The molecule has 4 rings (SSSR count). The van der Waals surface area contributed by atoms with Gasteiger partial charge in [0.2, 0.25) is 5.91 Å². The Morgan fingerprint density at radius 1 is 1.22 bits per heavy atom. The second-order valence-corrected chi connectivity index (χ2v) is 7.67. The van der Waals surface area contributed by atoms with Gasteiger partial charge in [0.15, 0.2) is 5.76 Å². The molecule has 0 unspecified atom stereocenters. The lowest BCUT2D eigenvalue weighted by Gasteiger charge is -2.26. The van der Waals surface area contributed by atoms with Crippen molar-refractivity contribution in [3.63, 3.8) is 0 Å². The van der Waals surface area contributed by atoms with Gasteiger partial charge in [-0.3, -0.25) is 9.69 Å². The number of morpholine rings is 1. The highest BCUT2D eigenvalue weighted by Crippen LogP contribution is 2.48. The van der Waals surface area contributed by atoms with Gasteiger partial charge in [-0.05, 0) is 50.1 Å². The Balaban J connectivity index is 1.31. The van der Waals surface area contributed by atoms with Crippen LogP contribution in [0.1, 0.15) is 25.0 Å². The van der Waals surface area contributed by atoms with Crippen molar-refractivity contribution in [2.75, 3.05) is 39.4 Å². The first-order chi connectivity index (χ1) is 13.2. The molecule has 0 bridgehead atoms. The fraction of sp³-hybridized carbons (Fsp3) is 0.500. The Morgan fingerprint density at radius 3 is 2.67 bits per heavy atom. The smallest absolute Gasteiger partial charge is 0.232 e. The van der Waals surface area contributed by atoms with Gasteiger partial charge in [-0.25, -0.2) is 0 Å². The number of benzene rings is 1. The molecule has 0 spiro atoms. The van der Waals surface area contributed by atoms with Crippen molar-refractivity contribution in [2.45, 2.75) is 24.7 Å². The monoisotopic (exact) mass is 389 g/mol. The quantitative estimate of drug-likeness (QED) is 0.737. The molecule has 1 aliphatic carbocycles. The normalized spacial score (nSPS) is 19.0. The lowest BCUT2D eigenvalue weighted by molar-refractivity contribution is -0.123. The predicted molar refractivity (Wildman–Crippen MR) is 103 cm³/mol. The maximum Gasteiger partial charge on any atom is 0.232 e. The van der Waals surface area contributed by atoms with Crippen LogP contribution in [0.5, 0.6) is 0 Å². The molecule has 1 aliphatic heterocycles. The number of aromatic nitrogens is 1. The van der Waals surface area contributed by atoms with Crippen molar-refractivity contribution in [1.29, 1.82) is 0 Å². The molecule has 1 aromatic carbocycles. The summed E-state index contributed by atoms with van der Waals surface area (Å²) in [4.78, 5) is 15.1. The molecule has 0 radical (unpaired) electrons. The van der Waals surface area contributed by atoms with Crippen LogP contribution in [-0.4, -0.2) is 55.4 Å². The molecule has 6 nitrogen and oxygen atoms in total. The predicted octanol–water partition coefficient (Wildman–Crippen LogP) is 2.87. The largest absolute Gasteiger partial charge is 0.379 e. The number of halogens is 1. The summed E-state index contributed by atoms with van der Waals surface area (Å²) in [7, 11) is 0. The molecule has 1 saturated heterocycles. The summed E-state index contributed by atoms with van der Waals surface area (Å²) in [5, 5.41) is 7.94. The summed E-state index contributed by atoms with van der Waals surface area (Å²) in [6.07, 6.45) is 2.57. The van der Waals surface area contributed by atoms with Gasteiger partial charge in [-0.15, -0.1) is 0 Å². The Labute approximate surface area is 163 Å². The number of nitrogens with zero attached hydrogens (tertiary/aromatic N) is 2. The molecule has 2 fully saturated rings. The van der Waals surface area contributed by atoms with Crippen LogP contribution in [0.15, 0.2) is 34.9 Å². The molecule has 1 amide bonds. The van der Waals surface area contributed by atoms with Gasteiger partial charge in [-0.2, -0.15) is 0 Å². The lowest BCUT2D eigenvalue weighted by atomic mass is 10.0. The van der Waals surface area contributed by atoms with Crippen molar-refractivity contribution in [3.8, 4) is 11.3 Å². The molecule has 144 valence electrons. The SMILES string of the molecule is O=C(NCCCN1CCOCC1)C1(c2cc(-c3ccc(Cl)cc3)on2)CC1. The van der Waals surface area contributed by atoms with E-state index in [1.807, 2.05) is 30.3 Å². The maximum atomic E-state index is 12.7. The zero-order chi connectivity index (χ0) is 18.7. The second kappa shape index (κ2) is 8.00. The zero-order valence-electron chi connectivity index (χ0n) is 15.2. The number of rotatable bonds is 7. The van der Waals surface area contributed by atoms with Crippen molar-refractivity contribution in [3.05, 3.63) is 41.0 Å². The highest BCUT2D eigenvalue weighted by Gasteiger charge is 2.53. The van der Waals surface area contributed by atoms with Crippen LogP contribution in [0.2, 0.25) is 5.02 Å². The fourth-order valence-electron chi connectivity index (χ4n) is 3.47. The van der Waals surface area contributed by atoms with Gasteiger partial charge in [0, 0.05) is 36.3 Å². The number of nitrogens with one attached hydrogen (secondary N) is 1. The summed E-state index contributed by atoms with van der Waals surface area (Å²) in [5.41, 5.74) is 1.10. The van der Waals surface area contributed by atoms with Crippen LogP contribution in [0.25, 0.3) is 11.3 Å². The fourth-order valence-corrected chi connectivity index (χ4v) is 3.60. The second-order valence-electron chi connectivity index (χ2n) is 7.23. The zero-order valence-corrected chi connectivity index (χ0v) is 16.0. The lowest BCUT2D eigenvalue weighted by Crippen LogP contribution is -2.39. The topological polar surface area (TPSA) is 67.6 Å². The molecule has 1 saturated carbocycles. The number of ether oxygens (including phenoxy) is 1. The van der Waals surface area contributed by atoms with E-state index < -0.39 is 5.41 Å². The van der Waals surface area contributed by atoms with Crippen LogP contribution in [0, 0.1) is 0 Å². The van der Waals surface area contributed by atoms with Crippen molar-refractivity contribution >= 4 is 17.5 Å². The number of amides is 1. The third kappa shape index (κ3) is 4.18. The molecule has 2 heterocycles. The van der Waals surface area contributed by atoms with Gasteiger partial charge < -0.3 is 14.6 Å². The van der Waals surface area contributed by atoms with Gasteiger partial charge in [0.25, 0.3) is 0 Å². The van der Waals surface area contributed by atoms with Crippen LogP contribution < -0.4 is 5.32 Å². The number of carbonyl (C=O) groups excluding carboxylic acids is 1. The number of carbonyl (C=O) groups is 1. The molecule has 2 aromatic rings. The van der Waals surface area contributed by atoms with Crippen LogP contribution >= 0.6 is 11.6 Å². The van der Waals surface area contributed by atoms with E-state index in [9.17, 15) is 4.79 Å². The molecular weight excluding hydrogens is 366 g/mol. The Bertz CT molecular complexity index is 780. The summed E-state index contributed by atoms with van der Waals surface area (Å²) in [6, 6.07) is 9.28. The summed E-state index contributed by atoms with van der Waals surface area (Å²) >= 11 is 5.93. The third-order valence-electron chi connectivity index (χ3n) is 5.35. The molecule has 2 aliphatic rings. The van der Waals surface area contributed by atoms with Crippen molar-refractivity contribution < 1.29 is 14.1 Å². The minimum Gasteiger partial charge on any atom is -0.379 e. The van der Waals surface area contributed by atoms with Crippen molar-refractivity contribution in [1.82, 2.24) is 15.4 Å². The van der Waals surface area contributed by atoms with Crippen LogP contribution in [0.4, 0.5) is 0 Å². The van der Waals surface area contributed by atoms with Crippen LogP contribution in [-0.2, 0) is 14.9 Å². The average molecular weight is 390 g/mol. The molecule has 7 heteroatoms. The molecule has 1 aromatic heterocycles. The molecule has 1 N–H and O–H groups in total. The van der Waals surface area contributed by atoms with E-state index in [1.54, 1.807) is 0 Å².